The lowest BCUT2D eigenvalue weighted by Gasteiger charge is -2.32. The van der Waals surface area contributed by atoms with Crippen molar-refractivity contribution in [1.82, 2.24) is 10.2 Å². The van der Waals surface area contributed by atoms with E-state index in [1.54, 1.807) is 0 Å². The quantitative estimate of drug-likeness (QED) is 0.920. The second-order valence-electron chi connectivity index (χ2n) is 5.19. The van der Waals surface area contributed by atoms with Gasteiger partial charge in [-0.3, -0.25) is 4.79 Å². The molecule has 0 bridgehead atoms. The van der Waals surface area contributed by atoms with Gasteiger partial charge in [0.1, 0.15) is 17.2 Å². The Morgan fingerprint density at radius 3 is 2.45 bits per heavy atom. The summed E-state index contributed by atoms with van der Waals surface area (Å²) in [4.78, 5) is 14.3. The first-order valence-electron chi connectivity index (χ1n) is 7.09. The van der Waals surface area contributed by atoms with Crippen molar-refractivity contribution in [3.63, 3.8) is 0 Å². The Balaban J connectivity index is 1.93. The number of carbonyl (C=O) groups excluding carboxylic acids is 1. The van der Waals surface area contributed by atoms with Crippen molar-refractivity contribution in [2.45, 2.75) is 32.2 Å². The third kappa shape index (κ3) is 3.54. The summed E-state index contributed by atoms with van der Waals surface area (Å²) in [5, 5.41) is 2.73. The van der Waals surface area contributed by atoms with Gasteiger partial charge in [0.15, 0.2) is 0 Å². The van der Waals surface area contributed by atoms with Crippen LogP contribution in [-0.2, 0) is 0 Å². The average molecular weight is 282 g/mol. The fraction of sp³-hybridized carbons (Fsp3) is 0.533. The Kier molecular flexibility index (Phi) is 5.06. The molecule has 1 N–H and O–H groups in total. The highest BCUT2D eigenvalue weighted by molar-refractivity contribution is 5.94. The van der Waals surface area contributed by atoms with Crippen LogP contribution >= 0.6 is 0 Å². The van der Waals surface area contributed by atoms with Crippen LogP contribution < -0.4 is 5.32 Å². The molecule has 0 saturated carbocycles. The van der Waals surface area contributed by atoms with Crippen molar-refractivity contribution in [2.24, 2.45) is 0 Å². The Morgan fingerprint density at radius 1 is 1.30 bits per heavy atom. The number of piperidine rings is 1. The molecule has 1 heterocycles. The zero-order valence-corrected chi connectivity index (χ0v) is 11.7. The predicted octanol–water partition coefficient (Wildman–Crippen LogP) is 2.57. The van der Waals surface area contributed by atoms with E-state index in [0.717, 1.165) is 51.0 Å². The molecule has 2 rings (SSSR count). The summed E-state index contributed by atoms with van der Waals surface area (Å²) in [5.74, 6) is -2.29. The van der Waals surface area contributed by atoms with Gasteiger partial charge in [0, 0.05) is 19.1 Å². The number of halogens is 2. The number of nitrogens with one attached hydrogen (secondary N) is 1. The van der Waals surface area contributed by atoms with Gasteiger partial charge in [-0.25, -0.2) is 8.78 Å². The molecule has 1 aliphatic heterocycles. The van der Waals surface area contributed by atoms with Gasteiger partial charge in [0.25, 0.3) is 5.91 Å². The van der Waals surface area contributed by atoms with E-state index in [4.69, 9.17) is 0 Å². The molecular formula is C15H20F2N2O. The number of carbonyl (C=O) groups is 1. The topological polar surface area (TPSA) is 32.3 Å². The van der Waals surface area contributed by atoms with E-state index in [0.29, 0.717) is 0 Å². The van der Waals surface area contributed by atoms with E-state index in [-0.39, 0.29) is 6.04 Å². The molecule has 1 aliphatic rings. The van der Waals surface area contributed by atoms with Gasteiger partial charge in [0.05, 0.1) is 0 Å². The third-order valence-electron chi connectivity index (χ3n) is 3.65. The van der Waals surface area contributed by atoms with Gasteiger partial charge >= 0.3 is 0 Å². The van der Waals surface area contributed by atoms with E-state index in [9.17, 15) is 13.6 Å². The number of hydrogen-bond acceptors (Lipinski definition) is 2. The van der Waals surface area contributed by atoms with Crippen LogP contribution in [0.2, 0.25) is 0 Å². The maximum Gasteiger partial charge on any atom is 0.257 e. The standard InChI is InChI=1S/C15H20F2N2O/c1-2-8-19-9-6-11(7-10-19)18-15(20)14-12(16)4-3-5-13(14)17/h3-5,11H,2,6-10H2,1H3,(H,18,20). The highest BCUT2D eigenvalue weighted by Gasteiger charge is 2.23. The molecular weight excluding hydrogens is 262 g/mol. The second kappa shape index (κ2) is 6.79. The maximum atomic E-state index is 13.5. The molecule has 0 aliphatic carbocycles. The molecule has 1 fully saturated rings. The minimum absolute atomic E-state index is 0.00499. The number of benzene rings is 1. The summed E-state index contributed by atoms with van der Waals surface area (Å²) in [6, 6.07) is 3.45. The van der Waals surface area contributed by atoms with Crippen LogP contribution in [0.25, 0.3) is 0 Å². The summed E-state index contributed by atoms with van der Waals surface area (Å²) >= 11 is 0. The number of hydrogen-bond donors (Lipinski definition) is 1. The number of nitrogens with zero attached hydrogens (tertiary/aromatic N) is 1. The maximum absolute atomic E-state index is 13.5. The molecule has 1 aromatic rings. The molecule has 0 aromatic heterocycles. The zero-order valence-electron chi connectivity index (χ0n) is 11.7. The van der Waals surface area contributed by atoms with Crippen LogP contribution in [0.4, 0.5) is 8.78 Å². The minimum Gasteiger partial charge on any atom is -0.349 e. The summed E-state index contributed by atoms with van der Waals surface area (Å²) in [6.45, 7) is 5.02. The van der Waals surface area contributed by atoms with Gasteiger partial charge in [-0.15, -0.1) is 0 Å². The smallest absolute Gasteiger partial charge is 0.257 e. The van der Waals surface area contributed by atoms with Gasteiger partial charge in [-0.2, -0.15) is 0 Å². The highest BCUT2D eigenvalue weighted by atomic mass is 19.1. The molecule has 1 amide bonds. The summed E-state index contributed by atoms with van der Waals surface area (Å²) in [6.07, 6.45) is 2.75. The number of likely N-dealkylation sites (tertiary alicyclic amines) is 1. The van der Waals surface area contributed by atoms with E-state index < -0.39 is 23.1 Å². The fourth-order valence-electron chi connectivity index (χ4n) is 2.59. The molecule has 20 heavy (non-hydrogen) atoms. The largest absolute Gasteiger partial charge is 0.349 e. The zero-order chi connectivity index (χ0) is 14.5. The van der Waals surface area contributed by atoms with Crippen molar-refractivity contribution < 1.29 is 13.6 Å². The Labute approximate surface area is 118 Å². The first kappa shape index (κ1) is 14.9. The van der Waals surface area contributed by atoms with Crippen molar-refractivity contribution in [3.05, 3.63) is 35.4 Å². The first-order valence-corrected chi connectivity index (χ1v) is 7.09. The Hall–Kier alpha value is -1.49. The van der Waals surface area contributed by atoms with Crippen LogP contribution in [0.3, 0.4) is 0 Å². The lowest BCUT2D eigenvalue weighted by molar-refractivity contribution is 0.0902. The van der Waals surface area contributed by atoms with Gasteiger partial charge in [-0.1, -0.05) is 13.0 Å². The normalized spacial score (nSPS) is 17.1. The Morgan fingerprint density at radius 2 is 1.90 bits per heavy atom. The van der Waals surface area contributed by atoms with E-state index in [1.807, 2.05) is 0 Å². The molecule has 110 valence electrons. The molecule has 1 saturated heterocycles. The predicted molar refractivity (Wildman–Crippen MR) is 73.6 cm³/mol. The second-order valence-corrected chi connectivity index (χ2v) is 5.19. The van der Waals surface area contributed by atoms with Crippen LogP contribution in [0.5, 0.6) is 0 Å². The van der Waals surface area contributed by atoms with Gasteiger partial charge in [-0.05, 0) is 37.9 Å². The third-order valence-corrected chi connectivity index (χ3v) is 3.65. The van der Waals surface area contributed by atoms with E-state index in [1.165, 1.54) is 6.07 Å². The molecule has 3 nitrogen and oxygen atoms in total. The monoisotopic (exact) mass is 282 g/mol. The molecule has 5 heteroatoms. The number of amides is 1. The molecule has 1 aromatic carbocycles. The van der Waals surface area contributed by atoms with Crippen LogP contribution in [0, 0.1) is 11.6 Å². The summed E-state index contributed by atoms with van der Waals surface area (Å²) in [7, 11) is 0. The summed E-state index contributed by atoms with van der Waals surface area (Å²) < 4.78 is 27.0. The molecule has 0 spiro atoms. The fourth-order valence-corrected chi connectivity index (χ4v) is 2.59. The van der Waals surface area contributed by atoms with Crippen LogP contribution in [0.15, 0.2) is 18.2 Å². The van der Waals surface area contributed by atoms with Gasteiger partial charge < -0.3 is 10.2 Å². The SMILES string of the molecule is CCCN1CCC(NC(=O)c2c(F)cccc2F)CC1. The van der Waals surface area contributed by atoms with Crippen molar-refractivity contribution in [3.8, 4) is 0 Å². The number of rotatable bonds is 4. The lowest BCUT2D eigenvalue weighted by Crippen LogP contribution is -2.45. The average Bonchev–Trinajstić information content (AvgIpc) is 2.41. The van der Waals surface area contributed by atoms with Gasteiger partial charge in [0.2, 0.25) is 0 Å². The molecule has 0 unspecified atom stereocenters. The summed E-state index contributed by atoms with van der Waals surface area (Å²) in [5.41, 5.74) is -0.483. The molecule has 0 radical (unpaired) electrons. The van der Waals surface area contributed by atoms with Crippen molar-refractivity contribution in [2.75, 3.05) is 19.6 Å². The lowest BCUT2D eigenvalue weighted by atomic mass is 10.0. The van der Waals surface area contributed by atoms with Crippen LogP contribution in [-0.4, -0.2) is 36.5 Å². The first-order chi connectivity index (χ1) is 9.61. The van der Waals surface area contributed by atoms with Crippen molar-refractivity contribution in [1.29, 1.82) is 0 Å². The highest BCUT2D eigenvalue weighted by Crippen LogP contribution is 2.15. The van der Waals surface area contributed by atoms with E-state index in [2.05, 4.69) is 17.1 Å². The van der Waals surface area contributed by atoms with Crippen molar-refractivity contribution >= 4 is 5.91 Å². The Bertz CT molecular complexity index is 451. The molecule has 0 atom stereocenters. The van der Waals surface area contributed by atoms with Crippen LogP contribution in [0.1, 0.15) is 36.5 Å². The minimum atomic E-state index is -0.814. The van der Waals surface area contributed by atoms with E-state index >= 15 is 0 Å².